The van der Waals surface area contributed by atoms with Gasteiger partial charge in [0.05, 0.1) is 36.8 Å². The number of ether oxygens (including phenoxy) is 3. The summed E-state index contributed by atoms with van der Waals surface area (Å²) >= 11 is 5.94. The molecule has 1 amide bonds. The van der Waals surface area contributed by atoms with Gasteiger partial charge in [0.25, 0.3) is 5.91 Å². The smallest absolute Gasteiger partial charge is 0.275 e. The average Bonchev–Trinajstić information content (AvgIpc) is 3.49. The minimum Gasteiger partial charge on any atom is -0.493 e. The number of amides is 1. The van der Waals surface area contributed by atoms with Crippen LogP contribution in [0.3, 0.4) is 0 Å². The Morgan fingerprint density at radius 3 is 2.89 bits per heavy atom. The topological polar surface area (TPSA) is 109 Å². The summed E-state index contributed by atoms with van der Waals surface area (Å²) in [4.78, 5) is 21.0. The molecule has 0 radical (unpaired) electrons. The Balaban J connectivity index is 1.44. The highest BCUT2D eigenvalue weighted by atomic mass is 35.5. The van der Waals surface area contributed by atoms with Gasteiger partial charge >= 0.3 is 0 Å². The van der Waals surface area contributed by atoms with E-state index in [1.54, 1.807) is 31.4 Å². The summed E-state index contributed by atoms with van der Waals surface area (Å²) < 4.78 is 32.9. The number of fused-ring (bicyclic) bond motifs is 1. The number of primary amides is 1. The predicted octanol–water partition coefficient (Wildman–Crippen LogP) is 3.81. The zero-order valence-electron chi connectivity index (χ0n) is 20.7. The first-order valence-corrected chi connectivity index (χ1v) is 12.6. The number of likely N-dealkylation sites (tertiary alicyclic amines) is 1. The van der Waals surface area contributed by atoms with Gasteiger partial charge in [-0.2, -0.15) is 0 Å². The minimum absolute atomic E-state index is 0.00321. The number of halogens is 2. The lowest BCUT2D eigenvalue weighted by molar-refractivity contribution is -0.916. The second kappa shape index (κ2) is 10.3. The molecule has 1 aromatic heterocycles. The number of carbonyl (C=O) groups excluding carboxylic acids is 1. The average molecular weight is 531 g/mol. The molecule has 3 heterocycles. The standard InChI is InChI=1S/C26H29ClFN5O4/c1-33(12-15-5-4-8-36-15)13-16(9-21(33)25(29)34)37-23-10-17-20(11-22(23)35-2)30-14-31-26(17)32-19-7-3-6-18(27)24(19)28/h3,6-7,10-11,14-16,21H,4-5,8-9,12-13H2,1-2H3,(H2-,29,30,31,32,34)/p+1/t15-,16-,21+,33?/m0/s1. The van der Waals surface area contributed by atoms with E-state index >= 15 is 0 Å². The Morgan fingerprint density at radius 2 is 2.16 bits per heavy atom. The van der Waals surface area contributed by atoms with Gasteiger partial charge in [-0.15, -0.1) is 0 Å². The van der Waals surface area contributed by atoms with E-state index in [2.05, 4.69) is 15.3 Å². The van der Waals surface area contributed by atoms with E-state index in [0.717, 1.165) is 19.4 Å². The first-order valence-electron chi connectivity index (χ1n) is 12.2. The number of nitrogens with zero attached hydrogens (tertiary/aromatic N) is 3. The number of rotatable bonds is 8. The van der Waals surface area contributed by atoms with Crippen molar-refractivity contribution < 1.29 is 27.9 Å². The van der Waals surface area contributed by atoms with E-state index in [4.69, 9.17) is 31.5 Å². The summed E-state index contributed by atoms with van der Waals surface area (Å²) in [5, 5.41) is 3.62. The van der Waals surface area contributed by atoms with Crippen molar-refractivity contribution in [3.63, 3.8) is 0 Å². The highest BCUT2D eigenvalue weighted by Gasteiger charge is 2.49. The van der Waals surface area contributed by atoms with Crippen LogP contribution in [-0.4, -0.2) is 72.5 Å². The van der Waals surface area contributed by atoms with Crippen LogP contribution in [0.25, 0.3) is 10.9 Å². The van der Waals surface area contributed by atoms with Crippen LogP contribution >= 0.6 is 11.6 Å². The molecule has 2 aliphatic heterocycles. The van der Waals surface area contributed by atoms with Crippen molar-refractivity contribution in [1.82, 2.24) is 9.97 Å². The third kappa shape index (κ3) is 5.14. The predicted molar refractivity (Wildman–Crippen MR) is 138 cm³/mol. The minimum atomic E-state index is -0.576. The lowest BCUT2D eigenvalue weighted by Gasteiger charge is -2.36. The molecule has 2 aliphatic rings. The van der Waals surface area contributed by atoms with Crippen molar-refractivity contribution in [2.24, 2.45) is 5.73 Å². The number of aromatic nitrogens is 2. The molecule has 9 nitrogen and oxygen atoms in total. The Morgan fingerprint density at radius 1 is 1.32 bits per heavy atom. The third-order valence-corrected chi connectivity index (χ3v) is 7.54. The number of quaternary nitrogens is 1. The highest BCUT2D eigenvalue weighted by molar-refractivity contribution is 6.31. The number of carbonyl (C=O) groups is 1. The highest BCUT2D eigenvalue weighted by Crippen LogP contribution is 2.38. The van der Waals surface area contributed by atoms with Crippen LogP contribution in [0.15, 0.2) is 36.7 Å². The van der Waals surface area contributed by atoms with E-state index in [9.17, 15) is 9.18 Å². The van der Waals surface area contributed by atoms with E-state index in [1.165, 1.54) is 12.4 Å². The number of hydrogen-bond acceptors (Lipinski definition) is 7. The van der Waals surface area contributed by atoms with E-state index in [0.29, 0.717) is 52.2 Å². The number of anilines is 2. The lowest BCUT2D eigenvalue weighted by atomic mass is 10.1. The Kier molecular flexibility index (Phi) is 7.06. The van der Waals surface area contributed by atoms with Crippen LogP contribution in [0.2, 0.25) is 5.02 Å². The fourth-order valence-corrected chi connectivity index (χ4v) is 5.63. The molecule has 2 saturated heterocycles. The second-order valence-corrected chi connectivity index (χ2v) is 10.2. The van der Waals surface area contributed by atoms with Gasteiger partial charge in [0.15, 0.2) is 29.5 Å². The molecule has 0 saturated carbocycles. The van der Waals surface area contributed by atoms with Crippen LogP contribution in [0.4, 0.5) is 15.9 Å². The van der Waals surface area contributed by atoms with Crippen molar-refractivity contribution in [2.45, 2.75) is 37.5 Å². The molecular weight excluding hydrogens is 501 g/mol. The number of likely N-dealkylation sites (N-methyl/N-ethyl adjacent to an activating group) is 1. The molecule has 37 heavy (non-hydrogen) atoms. The van der Waals surface area contributed by atoms with Crippen molar-refractivity contribution >= 4 is 39.9 Å². The zero-order valence-corrected chi connectivity index (χ0v) is 21.5. The molecule has 5 rings (SSSR count). The van der Waals surface area contributed by atoms with Gasteiger partial charge in [-0.1, -0.05) is 17.7 Å². The Bertz CT molecular complexity index is 1320. The molecule has 2 fully saturated rings. The van der Waals surface area contributed by atoms with Crippen molar-refractivity contribution in [3.8, 4) is 11.5 Å². The molecular formula is C26H30ClFN5O4+. The molecule has 2 aromatic carbocycles. The van der Waals surface area contributed by atoms with Crippen LogP contribution in [-0.2, 0) is 9.53 Å². The number of methoxy groups -OCH3 is 1. The fourth-order valence-electron chi connectivity index (χ4n) is 5.46. The molecule has 0 bridgehead atoms. The SMILES string of the molecule is COc1cc2ncnc(Nc3cccc(Cl)c3F)c2cc1O[C@H]1C[C@H](C(N)=O)[N+](C)(C[C@@H]2CCCO2)C1. The van der Waals surface area contributed by atoms with Gasteiger partial charge in [0.2, 0.25) is 0 Å². The molecule has 4 atom stereocenters. The monoisotopic (exact) mass is 530 g/mol. The van der Waals surface area contributed by atoms with Crippen LogP contribution in [0, 0.1) is 5.82 Å². The van der Waals surface area contributed by atoms with Gasteiger partial charge in [-0.25, -0.2) is 14.4 Å². The lowest BCUT2D eigenvalue weighted by Crippen LogP contribution is -2.57. The Labute approximate surface area is 219 Å². The second-order valence-electron chi connectivity index (χ2n) is 9.84. The van der Waals surface area contributed by atoms with Crippen molar-refractivity contribution in [3.05, 3.63) is 47.5 Å². The van der Waals surface area contributed by atoms with Gasteiger partial charge < -0.3 is 29.7 Å². The number of nitrogens with one attached hydrogen (secondary N) is 1. The maximum atomic E-state index is 14.5. The molecule has 0 aliphatic carbocycles. The van der Waals surface area contributed by atoms with E-state index in [1.807, 2.05) is 7.05 Å². The molecule has 11 heteroatoms. The molecule has 3 aromatic rings. The van der Waals surface area contributed by atoms with Crippen molar-refractivity contribution in [1.29, 1.82) is 0 Å². The maximum Gasteiger partial charge on any atom is 0.275 e. The molecule has 1 unspecified atom stereocenters. The largest absolute Gasteiger partial charge is 0.493 e. The summed E-state index contributed by atoms with van der Waals surface area (Å²) in [6.07, 6.45) is 3.70. The van der Waals surface area contributed by atoms with Gasteiger partial charge in [0, 0.05) is 18.1 Å². The van der Waals surface area contributed by atoms with E-state index < -0.39 is 5.82 Å². The fraction of sp³-hybridized carbons (Fsp3) is 0.423. The first-order chi connectivity index (χ1) is 17.8. The number of nitrogens with two attached hydrogens (primary N) is 1. The zero-order chi connectivity index (χ0) is 26.2. The first kappa shape index (κ1) is 25.4. The summed E-state index contributed by atoms with van der Waals surface area (Å²) in [6, 6.07) is 7.82. The third-order valence-electron chi connectivity index (χ3n) is 7.25. The summed E-state index contributed by atoms with van der Waals surface area (Å²) in [5.41, 5.74) is 6.58. The Hall–Kier alpha value is -3.21. The summed E-state index contributed by atoms with van der Waals surface area (Å²) in [6.45, 7) is 2.05. The van der Waals surface area contributed by atoms with Gasteiger partial charge in [-0.3, -0.25) is 4.79 Å². The molecule has 196 valence electrons. The van der Waals surface area contributed by atoms with Crippen LogP contribution in [0.5, 0.6) is 11.5 Å². The van der Waals surface area contributed by atoms with Gasteiger partial charge in [-0.05, 0) is 31.0 Å². The number of benzene rings is 2. The normalized spacial score (nSPS) is 25.4. The van der Waals surface area contributed by atoms with E-state index in [-0.39, 0.29) is 34.9 Å². The number of hydrogen-bond donors (Lipinski definition) is 2. The van der Waals surface area contributed by atoms with Crippen LogP contribution in [0.1, 0.15) is 19.3 Å². The summed E-state index contributed by atoms with van der Waals surface area (Å²) in [5.74, 6) is 0.424. The quantitative estimate of drug-likeness (QED) is 0.426. The van der Waals surface area contributed by atoms with Crippen molar-refractivity contribution in [2.75, 3.05) is 39.2 Å². The molecule has 0 spiro atoms. The maximum absolute atomic E-state index is 14.5. The molecule has 3 N–H and O–H groups in total. The van der Waals surface area contributed by atoms with Crippen LogP contribution < -0.4 is 20.5 Å². The van der Waals surface area contributed by atoms with Gasteiger partial charge in [0.1, 0.15) is 31.3 Å². The summed E-state index contributed by atoms with van der Waals surface area (Å²) in [7, 11) is 3.59.